The number of Topliss-reactive ketones (excluding diaryl/α,β-unsaturated/α-hetero) is 1. The molecule has 0 aliphatic rings. The van der Waals surface area contributed by atoms with Crippen molar-refractivity contribution in [2.45, 2.75) is 12.8 Å². The Morgan fingerprint density at radius 1 is 0.880 bits per heavy atom. The Hall–Kier alpha value is -2.02. The molecule has 0 unspecified atom stereocenters. The molecule has 25 heavy (non-hydrogen) atoms. The third-order valence-corrected chi connectivity index (χ3v) is 4.12. The quantitative estimate of drug-likeness (QED) is 0.368. The van der Waals surface area contributed by atoms with Crippen LogP contribution in [0.2, 0.25) is 0 Å². The first-order valence-electron chi connectivity index (χ1n) is 8.06. The van der Waals surface area contributed by atoms with Crippen LogP contribution < -0.4 is 0 Å². The van der Waals surface area contributed by atoms with Gasteiger partial charge in [-0.1, -0.05) is 54.6 Å². The number of rotatable bonds is 10. The molecular formula is C19H22O5S. The van der Waals surface area contributed by atoms with Gasteiger partial charge in [0.05, 0.1) is 12.9 Å². The lowest BCUT2D eigenvalue weighted by Crippen LogP contribution is -2.10. The standard InChI is InChI=1S/C19H22O5S/c1-25(21,22)24-14-6-5-13-23-15-19(20)18-11-9-17(10-12-18)16-7-3-2-4-8-16/h2-4,7-12H,5-6,13-15H2,1H3. The smallest absolute Gasteiger partial charge is 0.264 e. The molecule has 2 aromatic rings. The van der Waals surface area contributed by atoms with Crippen molar-refractivity contribution in [2.24, 2.45) is 0 Å². The van der Waals surface area contributed by atoms with E-state index in [1.165, 1.54) is 0 Å². The molecule has 0 aliphatic carbocycles. The average Bonchev–Trinajstić information content (AvgIpc) is 2.60. The van der Waals surface area contributed by atoms with Crippen LogP contribution in [0.3, 0.4) is 0 Å². The molecule has 2 aromatic carbocycles. The summed E-state index contributed by atoms with van der Waals surface area (Å²) in [5, 5.41) is 0. The number of ether oxygens (including phenoxy) is 1. The maximum Gasteiger partial charge on any atom is 0.264 e. The number of ketones is 1. The Labute approximate surface area is 148 Å². The summed E-state index contributed by atoms with van der Waals surface area (Å²) < 4.78 is 31.5. The van der Waals surface area contributed by atoms with E-state index in [4.69, 9.17) is 4.74 Å². The van der Waals surface area contributed by atoms with E-state index < -0.39 is 10.1 Å². The molecule has 5 nitrogen and oxygen atoms in total. The fourth-order valence-corrected chi connectivity index (χ4v) is 2.66. The third kappa shape index (κ3) is 7.17. The maximum atomic E-state index is 12.1. The molecule has 0 aromatic heterocycles. The Kier molecular flexibility index (Phi) is 7.31. The van der Waals surface area contributed by atoms with Crippen molar-refractivity contribution in [3.05, 3.63) is 60.2 Å². The van der Waals surface area contributed by atoms with Gasteiger partial charge in [-0.2, -0.15) is 8.42 Å². The van der Waals surface area contributed by atoms with Crippen LogP contribution in [0.4, 0.5) is 0 Å². The van der Waals surface area contributed by atoms with Gasteiger partial charge in [0.15, 0.2) is 5.78 Å². The summed E-state index contributed by atoms with van der Waals surface area (Å²) in [6.45, 7) is 0.537. The Balaban J connectivity index is 1.71. The lowest BCUT2D eigenvalue weighted by Gasteiger charge is -2.06. The Morgan fingerprint density at radius 2 is 1.48 bits per heavy atom. The zero-order valence-corrected chi connectivity index (χ0v) is 15.0. The van der Waals surface area contributed by atoms with Gasteiger partial charge < -0.3 is 4.74 Å². The van der Waals surface area contributed by atoms with Gasteiger partial charge >= 0.3 is 0 Å². The molecule has 0 fully saturated rings. The molecule has 0 heterocycles. The van der Waals surface area contributed by atoms with Crippen LogP contribution in [0.15, 0.2) is 54.6 Å². The molecule has 134 valence electrons. The molecule has 2 rings (SSSR count). The number of benzene rings is 2. The van der Waals surface area contributed by atoms with Crippen molar-refractivity contribution in [3.63, 3.8) is 0 Å². The molecule has 6 heteroatoms. The summed E-state index contributed by atoms with van der Waals surface area (Å²) in [4.78, 5) is 12.1. The topological polar surface area (TPSA) is 69.7 Å². The number of unbranched alkanes of at least 4 members (excludes halogenated alkanes) is 1. The first-order chi connectivity index (χ1) is 12.0. The summed E-state index contributed by atoms with van der Waals surface area (Å²) in [5.74, 6) is -0.0769. The van der Waals surface area contributed by atoms with E-state index >= 15 is 0 Å². The zero-order chi connectivity index (χ0) is 18.1. The number of hydrogen-bond donors (Lipinski definition) is 0. The monoisotopic (exact) mass is 362 g/mol. The fourth-order valence-electron chi connectivity index (χ4n) is 2.24. The Bertz CT molecular complexity index is 767. The lowest BCUT2D eigenvalue weighted by molar-refractivity contribution is 0.0748. The van der Waals surface area contributed by atoms with E-state index in [9.17, 15) is 13.2 Å². The second-order valence-electron chi connectivity index (χ2n) is 5.65. The van der Waals surface area contributed by atoms with Gasteiger partial charge in [0, 0.05) is 12.2 Å². The molecule has 0 aliphatic heterocycles. The van der Waals surface area contributed by atoms with Crippen LogP contribution in [-0.4, -0.2) is 40.3 Å². The van der Waals surface area contributed by atoms with E-state index in [0.717, 1.165) is 17.4 Å². The van der Waals surface area contributed by atoms with Gasteiger partial charge in [-0.05, 0) is 24.0 Å². The molecule has 0 saturated heterocycles. The van der Waals surface area contributed by atoms with Gasteiger partial charge in [0.2, 0.25) is 0 Å². The molecular weight excluding hydrogens is 340 g/mol. The second-order valence-corrected chi connectivity index (χ2v) is 7.30. The van der Waals surface area contributed by atoms with Crippen molar-refractivity contribution >= 4 is 15.9 Å². The summed E-state index contributed by atoms with van der Waals surface area (Å²) in [6, 6.07) is 17.4. The van der Waals surface area contributed by atoms with Gasteiger partial charge in [-0.3, -0.25) is 8.98 Å². The zero-order valence-electron chi connectivity index (χ0n) is 14.2. The van der Waals surface area contributed by atoms with Crippen molar-refractivity contribution < 1.29 is 22.1 Å². The first-order valence-corrected chi connectivity index (χ1v) is 9.88. The van der Waals surface area contributed by atoms with Crippen LogP contribution in [0.5, 0.6) is 0 Å². The van der Waals surface area contributed by atoms with E-state index in [2.05, 4.69) is 4.18 Å². The lowest BCUT2D eigenvalue weighted by atomic mass is 10.0. The predicted octanol–water partition coefficient (Wildman–Crippen LogP) is 3.31. The van der Waals surface area contributed by atoms with E-state index in [1.807, 2.05) is 42.5 Å². The molecule has 0 amide bonds. The highest BCUT2D eigenvalue weighted by molar-refractivity contribution is 7.85. The highest BCUT2D eigenvalue weighted by Crippen LogP contribution is 2.19. The van der Waals surface area contributed by atoms with Crippen LogP contribution in [0.25, 0.3) is 11.1 Å². The second kappa shape index (κ2) is 9.46. The molecule has 0 saturated carbocycles. The largest absolute Gasteiger partial charge is 0.373 e. The molecule has 0 atom stereocenters. The van der Waals surface area contributed by atoms with Gasteiger partial charge in [0.25, 0.3) is 10.1 Å². The number of hydrogen-bond acceptors (Lipinski definition) is 5. The number of carbonyl (C=O) groups excluding carboxylic acids is 1. The van der Waals surface area contributed by atoms with Gasteiger partial charge in [-0.15, -0.1) is 0 Å². The van der Waals surface area contributed by atoms with E-state index in [0.29, 0.717) is 25.0 Å². The highest BCUT2D eigenvalue weighted by atomic mass is 32.2. The van der Waals surface area contributed by atoms with Crippen molar-refractivity contribution in [1.29, 1.82) is 0 Å². The minimum absolute atomic E-state index is 0.0115. The first kappa shape index (κ1) is 19.3. The molecule has 0 N–H and O–H groups in total. The SMILES string of the molecule is CS(=O)(=O)OCCCCOCC(=O)c1ccc(-c2ccccc2)cc1. The number of carbonyl (C=O) groups is 1. The summed E-state index contributed by atoms with van der Waals surface area (Å²) in [6.07, 6.45) is 2.22. The van der Waals surface area contributed by atoms with Crippen molar-refractivity contribution in [3.8, 4) is 11.1 Å². The van der Waals surface area contributed by atoms with Crippen molar-refractivity contribution in [2.75, 3.05) is 26.1 Å². The third-order valence-electron chi connectivity index (χ3n) is 3.53. The van der Waals surface area contributed by atoms with Crippen LogP contribution in [0, 0.1) is 0 Å². The minimum atomic E-state index is -3.38. The van der Waals surface area contributed by atoms with Crippen LogP contribution >= 0.6 is 0 Å². The van der Waals surface area contributed by atoms with E-state index in [-0.39, 0.29) is 19.0 Å². The average molecular weight is 362 g/mol. The molecule has 0 spiro atoms. The van der Waals surface area contributed by atoms with Crippen LogP contribution in [-0.2, 0) is 19.0 Å². The molecule has 0 bridgehead atoms. The van der Waals surface area contributed by atoms with Gasteiger partial charge in [-0.25, -0.2) is 0 Å². The van der Waals surface area contributed by atoms with Crippen molar-refractivity contribution in [1.82, 2.24) is 0 Å². The summed E-state index contributed by atoms with van der Waals surface area (Å²) >= 11 is 0. The minimum Gasteiger partial charge on any atom is -0.373 e. The maximum absolute atomic E-state index is 12.1. The highest BCUT2D eigenvalue weighted by Gasteiger charge is 2.07. The van der Waals surface area contributed by atoms with E-state index in [1.54, 1.807) is 12.1 Å². The Morgan fingerprint density at radius 3 is 2.12 bits per heavy atom. The van der Waals surface area contributed by atoms with Gasteiger partial charge in [0.1, 0.15) is 6.61 Å². The normalized spacial score (nSPS) is 11.4. The predicted molar refractivity (Wildman–Crippen MR) is 97.1 cm³/mol. The molecule has 0 radical (unpaired) electrons. The summed E-state index contributed by atoms with van der Waals surface area (Å²) in [5.41, 5.74) is 2.78. The fraction of sp³-hybridized carbons (Fsp3) is 0.316. The van der Waals surface area contributed by atoms with Crippen LogP contribution in [0.1, 0.15) is 23.2 Å². The summed E-state index contributed by atoms with van der Waals surface area (Å²) in [7, 11) is -3.38.